The van der Waals surface area contributed by atoms with E-state index in [4.69, 9.17) is 0 Å². The summed E-state index contributed by atoms with van der Waals surface area (Å²) in [5.41, 5.74) is 1.88. The van der Waals surface area contributed by atoms with E-state index in [1.165, 1.54) is 28.3 Å². The zero-order valence-electron chi connectivity index (χ0n) is 16.5. The van der Waals surface area contributed by atoms with Gasteiger partial charge in [-0.1, -0.05) is 25.1 Å². The van der Waals surface area contributed by atoms with Crippen LogP contribution in [0.2, 0.25) is 0 Å². The van der Waals surface area contributed by atoms with Gasteiger partial charge in [0.2, 0.25) is 0 Å². The van der Waals surface area contributed by atoms with Gasteiger partial charge in [0.25, 0.3) is 15.9 Å². The van der Waals surface area contributed by atoms with Crippen molar-refractivity contribution in [2.24, 2.45) is 0 Å². The smallest absolute Gasteiger partial charge is 0.261 e. The molecule has 0 saturated heterocycles. The minimum Gasteiger partial charge on any atom is -0.298 e. The van der Waals surface area contributed by atoms with Gasteiger partial charge < -0.3 is 0 Å². The molecule has 0 radical (unpaired) electrons. The molecule has 156 valence electrons. The molecule has 0 unspecified atom stereocenters. The van der Waals surface area contributed by atoms with Gasteiger partial charge in [0.15, 0.2) is 5.13 Å². The van der Waals surface area contributed by atoms with Crippen LogP contribution in [-0.4, -0.2) is 37.3 Å². The normalized spacial score (nSPS) is 14.2. The fourth-order valence-corrected chi connectivity index (χ4v) is 5.37. The number of thiazole rings is 1. The number of carbonyl (C=O) groups excluding carboxylic acids is 1. The van der Waals surface area contributed by atoms with Crippen LogP contribution >= 0.6 is 11.3 Å². The molecular formula is C21H22N4O3S2. The van der Waals surface area contributed by atoms with Crippen molar-refractivity contribution in [2.45, 2.75) is 24.8 Å². The topological polar surface area (TPSA) is 91.4 Å². The maximum atomic E-state index is 12.6. The number of carbonyl (C=O) groups is 1. The summed E-state index contributed by atoms with van der Waals surface area (Å²) in [5, 5.41) is 3.45. The molecule has 1 amide bonds. The zero-order valence-corrected chi connectivity index (χ0v) is 18.1. The van der Waals surface area contributed by atoms with Gasteiger partial charge >= 0.3 is 0 Å². The number of benzene rings is 2. The Morgan fingerprint density at radius 3 is 2.57 bits per heavy atom. The van der Waals surface area contributed by atoms with E-state index in [0.717, 1.165) is 31.7 Å². The molecule has 0 fully saturated rings. The minimum atomic E-state index is -3.67. The lowest BCUT2D eigenvalue weighted by Crippen LogP contribution is -2.29. The molecule has 0 bridgehead atoms. The van der Waals surface area contributed by atoms with Crippen molar-refractivity contribution in [3.63, 3.8) is 0 Å². The number of hydrogen-bond donors (Lipinski definition) is 2. The summed E-state index contributed by atoms with van der Waals surface area (Å²) >= 11 is 1.51. The molecule has 2 aromatic carbocycles. The number of anilines is 2. The third-order valence-corrected chi connectivity index (χ3v) is 7.33. The Morgan fingerprint density at radius 1 is 1.13 bits per heavy atom. The highest BCUT2D eigenvalue weighted by atomic mass is 32.2. The van der Waals surface area contributed by atoms with Crippen molar-refractivity contribution in [2.75, 3.05) is 23.1 Å². The average Bonchev–Trinajstić information content (AvgIpc) is 3.15. The maximum absolute atomic E-state index is 12.6. The third-order valence-electron chi connectivity index (χ3n) is 4.93. The van der Waals surface area contributed by atoms with E-state index in [1.807, 2.05) is 0 Å². The van der Waals surface area contributed by atoms with Crippen LogP contribution in [0.5, 0.6) is 0 Å². The predicted molar refractivity (Wildman–Crippen MR) is 118 cm³/mol. The highest BCUT2D eigenvalue weighted by molar-refractivity contribution is 7.92. The molecule has 3 aromatic rings. The van der Waals surface area contributed by atoms with Crippen LogP contribution in [0.25, 0.3) is 0 Å². The Labute approximate surface area is 179 Å². The van der Waals surface area contributed by atoms with E-state index >= 15 is 0 Å². The van der Waals surface area contributed by atoms with Crippen molar-refractivity contribution in [1.82, 2.24) is 9.88 Å². The molecule has 0 spiro atoms. The van der Waals surface area contributed by atoms with Crippen LogP contribution < -0.4 is 10.0 Å². The van der Waals surface area contributed by atoms with Gasteiger partial charge in [-0.05, 0) is 42.9 Å². The molecule has 1 aliphatic rings. The molecule has 7 nitrogen and oxygen atoms in total. The van der Waals surface area contributed by atoms with E-state index in [-0.39, 0.29) is 10.8 Å². The van der Waals surface area contributed by atoms with Crippen molar-refractivity contribution >= 4 is 38.1 Å². The Balaban J connectivity index is 1.42. The zero-order chi connectivity index (χ0) is 21.1. The molecular weight excluding hydrogens is 420 g/mol. The lowest BCUT2D eigenvalue weighted by molar-refractivity contribution is 0.102. The van der Waals surface area contributed by atoms with Crippen LogP contribution in [0, 0.1) is 0 Å². The van der Waals surface area contributed by atoms with Crippen LogP contribution in [0.4, 0.5) is 10.8 Å². The van der Waals surface area contributed by atoms with Crippen LogP contribution in [-0.2, 0) is 23.0 Å². The van der Waals surface area contributed by atoms with E-state index in [2.05, 4.69) is 26.8 Å². The lowest BCUT2D eigenvalue weighted by Gasteiger charge is -2.23. The predicted octanol–water partition coefficient (Wildman–Crippen LogP) is 3.57. The maximum Gasteiger partial charge on any atom is 0.261 e. The van der Waals surface area contributed by atoms with Gasteiger partial charge in [0.05, 0.1) is 10.6 Å². The first-order valence-electron chi connectivity index (χ1n) is 9.65. The van der Waals surface area contributed by atoms with Crippen LogP contribution in [0.3, 0.4) is 0 Å². The Bertz CT molecular complexity index is 1140. The highest BCUT2D eigenvalue weighted by Crippen LogP contribution is 2.28. The largest absolute Gasteiger partial charge is 0.298 e. The van der Waals surface area contributed by atoms with Crippen molar-refractivity contribution in [1.29, 1.82) is 0 Å². The molecule has 4 rings (SSSR count). The van der Waals surface area contributed by atoms with Crippen molar-refractivity contribution in [3.8, 4) is 0 Å². The molecule has 0 aliphatic carbocycles. The highest BCUT2D eigenvalue weighted by Gasteiger charge is 2.21. The molecule has 9 heteroatoms. The monoisotopic (exact) mass is 442 g/mol. The van der Waals surface area contributed by atoms with Gasteiger partial charge in [-0.2, -0.15) is 0 Å². The Hall–Kier alpha value is -2.75. The summed E-state index contributed by atoms with van der Waals surface area (Å²) in [6.07, 6.45) is 0.895. The fourth-order valence-electron chi connectivity index (χ4n) is 3.24. The van der Waals surface area contributed by atoms with E-state index in [0.29, 0.717) is 16.4 Å². The number of nitrogens with zero attached hydrogens (tertiary/aromatic N) is 2. The molecule has 30 heavy (non-hydrogen) atoms. The van der Waals surface area contributed by atoms with Gasteiger partial charge in [0.1, 0.15) is 0 Å². The van der Waals surface area contributed by atoms with Crippen molar-refractivity contribution in [3.05, 3.63) is 70.7 Å². The molecule has 2 heterocycles. The average molecular weight is 443 g/mol. The number of likely N-dealkylation sites (N-methyl/N-ethyl adjacent to an activating group) is 1. The SMILES string of the molecule is CCN1CCc2nc(NC(=O)c3ccc(NS(=O)(=O)c4ccccc4)cc3)sc2C1. The first-order valence-corrected chi connectivity index (χ1v) is 11.9. The van der Waals surface area contributed by atoms with Gasteiger partial charge in [-0.15, -0.1) is 11.3 Å². The summed E-state index contributed by atoms with van der Waals surface area (Å²) in [4.78, 5) is 20.9. The van der Waals surface area contributed by atoms with Gasteiger partial charge in [-0.25, -0.2) is 13.4 Å². The van der Waals surface area contributed by atoms with Crippen molar-refractivity contribution < 1.29 is 13.2 Å². The summed E-state index contributed by atoms with van der Waals surface area (Å²) in [5.74, 6) is -0.272. The molecule has 0 atom stereocenters. The molecule has 0 saturated carbocycles. The quantitative estimate of drug-likeness (QED) is 0.609. The number of hydrogen-bond acceptors (Lipinski definition) is 6. The van der Waals surface area contributed by atoms with Gasteiger partial charge in [-0.3, -0.25) is 19.7 Å². The van der Waals surface area contributed by atoms with E-state index in [9.17, 15) is 13.2 Å². The second-order valence-electron chi connectivity index (χ2n) is 6.96. The Morgan fingerprint density at radius 2 is 1.87 bits per heavy atom. The Kier molecular flexibility index (Phi) is 5.85. The van der Waals surface area contributed by atoms with Gasteiger partial charge in [0, 0.05) is 35.6 Å². The summed E-state index contributed by atoms with van der Waals surface area (Å²) < 4.78 is 27.3. The summed E-state index contributed by atoms with van der Waals surface area (Å²) in [7, 11) is -3.67. The number of nitrogens with one attached hydrogen (secondary N) is 2. The molecule has 2 N–H and O–H groups in total. The first-order chi connectivity index (χ1) is 14.4. The van der Waals surface area contributed by atoms with Crippen LogP contribution in [0.1, 0.15) is 27.9 Å². The molecule has 1 aromatic heterocycles. The standard InChI is InChI=1S/C21H22N4O3S2/c1-2-25-13-12-18-19(14-25)29-21(22-18)23-20(26)15-8-10-16(11-9-15)24-30(27,28)17-6-4-3-5-7-17/h3-11,24H,2,12-14H2,1H3,(H,22,23,26). The number of rotatable bonds is 6. The number of aromatic nitrogens is 1. The summed E-state index contributed by atoms with van der Waals surface area (Å²) in [6.45, 7) is 4.99. The minimum absolute atomic E-state index is 0.182. The number of sulfonamides is 1. The molecule has 1 aliphatic heterocycles. The van der Waals surface area contributed by atoms with E-state index in [1.54, 1.807) is 42.5 Å². The summed E-state index contributed by atoms with van der Waals surface area (Å²) in [6, 6.07) is 14.5. The third kappa shape index (κ3) is 4.53. The number of fused-ring (bicyclic) bond motifs is 1. The lowest BCUT2D eigenvalue weighted by atomic mass is 10.2. The second-order valence-corrected chi connectivity index (χ2v) is 9.72. The van der Waals surface area contributed by atoms with Crippen LogP contribution in [0.15, 0.2) is 59.5 Å². The first kappa shape index (κ1) is 20.5. The van der Waals surface area contributed by atoms with E-state index < -0.39 is 10.0 Å². The second kappa shape index (κ2) is 8.55. The number of amides is 1. The fraction of sp³-hybridized carbons (Fsp3) is 0.238.